The molecule has 1 aromatic heterocycles. The van der Waals surface area contributed by atoms with E-state index in [1.54, 1.807) is 30.5 Å². The molecule has 123 heavy (non-hydrogen) atoms. The number of H-pyrrole nitrogens is 1. The molecule has 668 valence electrons. The Balaban J connectivity index is 1.44. The molecule has 2 aliphatic rings. The molecule has 0 bridgehead atoms. The summed E-state index contributed by atoms with van der Waals surface area (Å²) in [5.74, 6) is -30.2. The number of aromatic nitrogens is 1. The van der Waals surface area contributed by atoms with Crippen LogP contribution in [0.4, 0.5) is 5.69 Å². The number of ketones is 1. The lowest BCUT2D eigenvalue weighted by molar-refractivity contribution is -0.156. The molecule has 0 spiro atoms. The van der Waals surface area contributed by atoms with Crippen LogP contribution in [0.2, 0.25) is 0 Å². The van der Waals surface area contributed by atoms with Gasteiger partial charge in [-0.1, -0.05) is 101 Å². The Labute approximate surface area is 703 Å². The molecule has 24 N–H and O–H groups in total. The SMILES string of the molecule is CCCCCCCCCC(=O)N[C@@H](Cc1c[nH]c2ccccc12)C(=O)N[C@H](CC(N)=O)C(=O)N[C@@H](CC(=O)O)C(=O)N[C@@H]1C(=O)NCC(=O)N[C@@H](CCCN)C(=O)N[C@@H](CC(=O)O)C(=O)N[C@H](C)C(=O)N[C@@H](CC(=O)O)C(=O)NCC(=O)N2C(c3ccccc3O)OC[C@H]2C(=O)N[C@@H]([C@H](C)CC(=O)O)C(=O)N[C@@H](CC(=O)c2ccccc2N)C(=O)O[C@@H]1C. The van der Waals surface area contributed by atoms with Crippen molar-refractivity contribution in [3.63, 3.8) is 0 Å². The molecule has 2 fully saturated rings. The molecule has 3 heterocycles. The van der Waals surface area contributed by atoms with Gasteiger partial charge in [-0.2, -0.15) is 0 Å². The highest BCUT2D eigenvalue weighted by Crippen LogP contribution is 2.36. The van der Waals surface area contributed by atoms with E-state index in [9.17, 15) is 112 Å². The van der Waals surface area contributed by atoms with E-state index in [1.807, 2.05) is 0 Å². The summed E-state index contributed by atoms with van der Waals surface area (Å²) in [5, 5.41) is 78.6. The molecular formula is C79H105N17O27. The number of carbonyl (C=O) groups is 20. The van der Waals surface area contributed by atoms with Crippen LogP contribution in [0.25, 0.3) is 10.9 Å². The number of ether oxygens (including phenoxy) is 2. The lowest BCUT2D eigenvalue weighted by Gasteiger charge is -2.31. The normalized spacial score (nSPS) is 21.7. The number of Topliss-reactive ketones (excluding diaryl/α,β-unsaturated/α-hetero) is 1. The minimum absolute atomic E-state index is 0.0222. The summed E-state index contributed by atoms with van der Waals surface area (Å²) in [5.41, 5.74) is 18.0. The number of aliphatic carboxylic acids is 4. The molecule has 4 aromatic rings. The van der Waals surface area contributed by atoms with E-state index in [0.717, 1.165) is 58.9 Å². The molecule has 0 saturated carbocycles. The van der Waals surface area contributed by atoms with E-state index in [1.165, 1.54) is 42.5 Å². The Morgan fingerprint density at radius 2 is 1.16 bits per heavy atom. The second-order valence-electron chi connectivity index (χ2n) is 29.5. The van der Waals surface area contributed by atoms with Gasteiger partial charge in [0, 0.05) is 53.2 Å². The quantitative estimate of drug-likeness (QED) is 0.00921. The van der Waals surface area contributed by atoms with Crippen LogP contribution in [0.15, 0.2) is 79.0 Å². The van der Waals surface area contributed by atoms with Crippen molar-refractivity contribution in [3.8, 4) is 5.75 Å². The van der Waals surface area contributed by atoms with Crippen molar-refractivity contribution in [2.75, 3.05) is 32.0 Å². The van der Waals surface area contributed by atoms with E-state index in [4.69, 9.17) is 26.7 Å². The number of aromatic amines is 1. The highest BCUT2D eigenvalue weighted by Gasteiger charge is 2.47. The van der Waals surface area contributed by atoms with Gasteiger partial charge in [-0.05, 0) is 75.4 Å². The van der Waals surface area contributed by atoms with Gasteiger partial charge in [0.05, 0.1) is 51.8 Å². The number of unbranched alkanes of at least 4 members (excludes halogenated alkanes) is 6. The van der Waals surface area contributed by atoms with Crippen LogP contribution in [-0.2, 0) is 107 Å². The number of carbonyl (C=O) groups excluding carboxylic acids is 16. The van der Waals surface area contributed by atoms with Gasteiger partial charge in [-0.25, -0.2) is 4.79 Å². The first-order valence-electron chi connectivity index (χ1n) is 39.6. The number of para-hydroxylation sites is 3. The summed E-state index contributed by atoms with van der Waals surface area (Å²) in [4.78, 5) is 283. The van der Waals surface area contributed by atoms with Crippen LogP contribution >= 0.6 is 0 Å². The Hall–Kier alpha value is -13.7. The van der Waals surface area contributed by atoms with Crippen molar-refractivity contribution in [1.82, 2.24) is 73.7 Å². The van der Waals surface area contributed by atoms with Crippen molar-refractivity contribution < 1.29 is 131 Å². The number of nitrogens with zero attached hydrogens (tertiary/aromatic N) is 1. The summed E-state index contributed by atoms with van der Waals surface area (Å²) < 4.78 is 11.7. The number of esters is 1. The van der Waals surface area contributed by atoms with Gasteiger partial charge in [0.25, 0.3) is 0 Å². The van der Waals surface area contributed by atoms with Crippen LogP contribution in [0, 0.1) is 5.92 Å². The lowest BCUT2D eigenvalue weighted by Crippen LogP contribution is -2.61. The number of hydrogen-bond acceptors (Lipinski definition) is 25. The number of aromatic hydroxyl groups is 1. The standard InChI is InChI=1S/C79H105N17O27/c1-5-6-7-8-9-10-11-26-59(100)88-49(29-42-35-83-47-23-16-13-19-43(42)47)72(115)90-50(31-58(82)99)73(116)92-53(34-65(109)110)74(117)95-67-41(4)123-79(121)54(30-57(98)44-20-12-15-22-46(44)81)93-77(120)66(39(2)28-62(103)104)94-75(118)55-38-122-78(45-21-14-17-25-56(45)97)96(55)61(102)37-85-69(112)51(32-63(105)106)89-68(111)40(3)86-71(114)52(33-64(107)108)91-70(113)48(24-18-27-80)87-60(101)36-84-76(67)119/h12-17,19-23,25,35,39-41,48-55,66-67,78,83,97H,5-11,18,24,26-34,36-38,80-81H2,1-4H3,(H2,82,99)(H,84,119)(H,85,112)(H,86,114)(H,87,101)(H,88,100)(H,89,111)(H,90,115)(H,91,113)(H,92,116)(H,93,120)(H,94,118)(H,95,117)(H,103,104)(H,105,106)(H,107,108)(H,109,110)/t39-,40-,41-,48+,49+,50-,51+,52+,53+,54+,55+,66+,67+,78?/m1/s1. The number of cyclic esters (lactones) is 1. The lowest BCUT2D eigenvalue weighted by atomic mass is 9.95. The number of fused-ring (bicyclic) bond motifs is 2. The third-order valence-corrected chi connectivity index (χ3v) is 19.8. The molecule has 0 aliphatic carbocycles. The van der Waals surface area contributed by atoms with E-state index in [0.29, 0.717) is 34.2 Å². The first-order chi connectivity index (χ1) is 58.3. The number of nitrogens with one attached hydrogen (secondary N) is 13. The first kappa shape index (κ1) is 98.1. The molecule has 14 atom stereocenters. The number of nitrogen functional groups attached to an aromatic ring is 1. The average molecular weight is 1720 g/mol. The largest absolute Gasteiger partial charge is 0.507 e. The zero-order chi connectivity index (χ0) is 90.9. The molecule has 44 heteroatoms. The smallest absolute Gasteiger partial charge is 0.329 e. The number of nitrogens with two attached hydrogens (primary N) is 3. The van der Waals surface area contributed by atoms with Crippen molar-refractivity contribution in [1.29, 1.82) is 0 Å². The number of anilines is 1. The van der Waals surface area contributed by atoms with Crippen LogP contribution in [0.1, 0.15) is 158 Å². The van der Waals surface area contributed by atoms with Crippen LogP contribution in [-0.4, -0.2) is 253 Å². The maximum atomic E-state index is 15.1. The summed E-state index contributed by atoms with van der Waals surface area (Å²) in [7, 11) is 0. The van der Waals surface area contributed by atoms with Gasteiger partial charge >= 0.3 is 29.8 Å². The van der Waals surface area contributed by atoms with Crippen molar-refractivity contribution in [2.45, 2.75) is 216 Å². The number of phenols is 1. The molecule has 14 amide bonds. The van der Waals surface area contributed by atoms with Crippen LogP contribution < -0.4 is 81.0 Å². The topological polar surface area (TPSA) is 702 Å². The maximum absolute atomic E-state index is 15.1. The fourth-order valence-corrected chi connectivity index (χ4v) is 13.3. The van der Waals surface area contributed by atoms with E-state index < -0.39 is 273 Å². The average Bonchev–Trinajstić information content (AvgIpc) is 1.65. The molecule has 3 aromatic carbocycles. The minimum atomic E-state index is -2.46. The number of carboxylic acids is 4. The summed E-state index contributed by atoms with van der Waals surface area (Å²) in [6, 6.07) is -5.37. The highest BCUT2D eigenvalue weighted by molar-refractivity contribution is 6.05. The van der Waals surface area contributed by atoms with E-state index >= 15 is 9.59 Å². The Morgan fingerprint density at radius 3 is 1.80 bits per heavy atom. The number of amides is 14. The molecule has 2 saturated heterocycles. The Morgan fingerprint density at radius 1 is 0.577 bits per heavy atom. The molecule has 2 aliphatic heterocycles. The third-order valence-electron chi connectivity index (χ3n) is 19.8. The molecular weight excluding hydrogens is 1620 g/mol. The predicted octanol–water partition coefficient (Wildman–Crippen LogP) is -3.47. The third kappa shape index (κ3) is 30.5. The highest BCUT2D eigenvalue weighted by atomic mass is 16.5. The number of primary amides is 1. The Bertz CT molecular complexity index is 4560. The molecule has 44 nitrogen and oxygen atoms in total. The van der Waals surface area contributed by atoms with Gasteiger partial charge in [0.2, 0.25) is 82.7 Å². The van der Waals surface area contributed by atoms with Crippen molar-refractivity contribution in [3.05, 3.63) is 95.7 Å². The van der Waals surface area contributed by atoms with Gasteiger partial charge < -0.3 is 121 Å². The summed E-state index contributed by atoms with van der Waals surface area (Å²) in [6.45, 7) is 1.62. The maximum Gasteiger partial charge on any atom is 0.329 e. The van der Waals surface area contributed by atoms with Gasteiger partial charge in [-0.15, -0.1) is 0 Å². The van der Waals surface area contributed by atoms with Crippen LogP contribution in [0.3, 0.4) is 0 Å². The van der Waals surface area contributed by atoms with Crippen LogP contribution in [0.5, 0.6) is 5.75 Å². The van der Waals surface area contributed by atoms with E-state index in [2.05, 4.69) is 75.7 Å². The van der Waals surface area contributed by atoms with Gasteiger partial charge in [0.1, 0.15) is 78.3 Å². The molecule has 6 rings (SSSR count). The van der Waals surface area contributed by atoms with Crippen molar-refractivity contribution >= 4 is 135 Å². The minimum Gasteiger partial charge on any atom is -0.507 e. The monoisotopic (exact) mass is 1720 g/mol. The van der Waals surface area contributed by atoms with Gasteiger partial charge in [0.15, 0.2) is 12.0 Å². The number of hydrogen-bond donors (Lipinski definition) is 21. The Kier molecular flexibility index (Phi) is 38.3. The molecule has 0 radical (unpaired) electrons. The van der Waals surface area contributed by atoms with Gasteiger partial charge in [-0.3, -0.25) is 96.0 Å². The number of phenolic OH excluding ortho intramolecular Hbond substituents is 1. The molecule has 1 unspecified atom stereocenters. The summed E-state index contributed by atoms with van der Waals surface area (Å²) >= 11 is 0. The van der Waals surface area contributed by atoms with E-state index in [-0.39, 0.29) is 42.6 Å². The fourth-order valence-electron chi connectivity index (χ4n) is 13.3. The summed E-state index contributed by atoms with van der Waals surface area (Å²) in [6.07, 6.45) is -4.20. The fraction of sp³-hybridized carbons (Fsp3) is 0.494. The van der Waals surface area contributed by atoms with Crippen molar-refractivity contribution in [2.24, 2.45) is 17.4 Å². The predicted molar refractivity (Wildman–Crippen MR) is 429 cm³/mol. The second kappa shape index (κ2) is 47.9. The number of rotatable bonds is 35. The second-order valence-corrected chi connectivity index (χ2v) is 29.5. The zero-order valence-electron chi connectivity index (χ0n) is 67.8. The number of benzene rings is 3. The first-order valence-corrected chi connectivity index (χ1v) is 39.6. The number of carboxylic acid groups (broad SMARTS) is 4. The zero-order valence-corrected chi connectivity index (χ0v) is 67.8.